The number of carbonyl (C=O) groups is 2. The van der Waals surface area contributed by atoms with Crippen LogP contribution < -0.4 is 9.62 Å². The molecule has 3 aromatic carbocycles. The predicted molar refractivity (Wildman–Crippen MR) is 162 cm³/mol. The molecule has 0 radical (unpaired) electrons. The summed E-state index contributed by atoms with van der Waals surface area (Å²) in [6, 6.07) is 19.3. The van der Waals surface area contributed by atoms with Crippen molar-refractivity contribution in [2.45, 2.75) is 51.4 Å². The van der Waals surface area contributed by atoms with Gasteiger partial charge in [-0.2, -0.15) is 13.2 Å². The van der Waals surface area contributed by atoms with E-state index < -0.39 is 33.7 Å². The average molecular weight is 638 g/mol. The van der Waals surface area contributed by atoms with Crippen LogP contribution in [0.25, 0.3) is 0 Å². The molecule has 43 heavy (non-hydrogen) atoms. The lowest BCUT2D eigenvalue weighted by Crippen LogP contribution is -2.50. The van der Waals surface area contributed by atoms with Crippen LogP contribution >= 0.6 is 11.6 Å². The fourth-order valence-electron chi connectivity index (χ4n) is 4.59. The van der Waals surface area contributed by atoms with Gasteiger partial charge in [0.2, 0.25) is 21.8 Å². The summed E-state index contributed by atoms with van der Waals surface area (Å²) in [7, 11) is -3.97. The number of hydrogen-bond acceptors (Lipinski definition) is 4. The Kier molecular flexibility index (Phi) is 12.0. The first kappa shape index (κ1) is 33.9. The van der Waals surface area contributed by atoms with Gasteiger partial charge in [-0.25, -0.2) is 8.42 Å². The van der Waals surface area contributed by atoms with E-state index in [-0.39, 0.29) is 43.9 Å². The Hall–Kier alpha value is -3.57. The molecule has 3 rings (SSSR count). The molecule has 0 heterocycles. The summed E-state index contributed by atoms with van der Waals surface area (Å²) in [5.74, 6) is -0.743. The quantitative estimate of drug-likeness (QED) is 0.232. The maximum absolute atomic E-state index is 13.8. The van der Waals surface area contributed by atoms with Crippen LogP contribution in [0, 0.1) is 0 Å². The van der Waals surface area contributed by atoms with Crippen molar-refractivity contribution in [1.82, 2.24) is 10.2 Å². The minimum atomic E-state index is -4.65. The molecular formula is C31H35ClF3N3O4S. The lowest BCUT2D eigenvalue weighted by molar-refractivity contribution is -0.141. The molecule has 0 unspecified atom stereocenters. The Morgan fingerprint density at radius 1 is 0.953 bits per heavy atom. The van der Waals surface area contributed by atoms with Gasteiger partial charge >= 0.3 is 6.18 Å². The van der Waals surface area contributed by atoms with Crippen molar-refractivity contribution in [2.24, 2.45) is 0 Å². The molecule has 0 aliphatic carbocycles. The lowest BCUT2D eigenvalue weighted by atomic mass is 10.0. The monoisotopic (exact) mass is 637 g/mol. The molecule has 0 aliphatic heterocycles. The van der Waals surface area contributed by atoms with Gasteiger partial charge in [0, 0.05) is 37.5 Å². The van der Waals surface area contributed by atoms with Gasteiger partial charge in [-0.15, -0.1) is 0 Å². The van der Waals surface area contributed by atoms with Gasteiger partial charge in [-0.1, -0.05) is 67.1 Å². The van der Waals surface area contributed by atoms with Crippen LogP contribution in [0.2, 0.25) is 5.02 Å². The molecule has 1 N–H and O–H groups in total. The number of nitrogens with one attached hydrogen (secondary N) is 1. The first-order valence-electron chi connectivity index (χ1n) is 13.8. The minimum absolute atomic E-state index is 0.00281. The summed E-state index contributed by atoms with van der Waals surface area (Å²) in [6.07, 6.45) is -2.97. The highest BCUT2D eigenvalue weighted by Gasteiger charge is 2.32. The van der Waals surface area contributed by atoms with E-state index in [1.807, 2.05) is 37.3 Å². The van der Waals surface area contributed by atoms with Gasteiger partial charge in [0.15, 0.2) is 0 Å². The van der Waals surface area contributed by atoms with Crippen molar-refractivity contribution in [3.05, 3.63) is 101 Å². The van der Waals surface area contributed by atoms with E-state index in [0.29, 0.717) is 23.6 Å². The van der Waals surface area contributed by atoms with Crippen LogP contribution in [0.5, 0.6) is 0 Å². The van der Waals surface area contributed by atoms with Gasteiger partial charge in [0.25, 0.3) is 0 Å². The Morgan fingerprint density at radius 2 is 1.63 bits per heavy atom. The standard InChI is InChI=1S/C31H35ClF3N3O4S/c1-3-17-36-30(40)28(20-23-10-5-4-6-11-23)37(22-24-12-7-14-26(32)19-24)29(39)16-9-18-38(43(2,41)42)27-15-8-13-25(21-27)31(33,34)35/h4-8,10-15,19,21,28H,3,9,16-18,20,22H2,1-2H3,(H,36,40)/t28-/m0/s1. The zero-order valence-corrected chi connectivity index (χ0v) is 25.6. The zero-order valence-electron chi connectivity index (χ0n) is 24.0. The third-order valence-electron chi connectivity index (χ3n) is 6.68. The first-order chi connectivity index (χ1) is 20.3. The van der Waals surface area contributed by atoms with Crippen molar-refractivity contribution in [1.29, 1.82) is 0 Å². The van der Waals surface area contributed by atoms with Crippen molar-refractivity contribution >= 4 is 39.1 Å². The van der Waals surface area contributed by atoms with Crippen molar-refractivity contribution in [3.8, 4) is 0 Å². The number of alkyl halides is 3. The second-order valence-corrected chi connectivity index (χ2v) is 12.5. The maximum Gasteiger partial charge on any atom is 0.416 e. The van der Waals surface area contributed by atoms with E-state index in [2.05, 4.69) is 5.32 Å². The third kappa shape index (κ3) is 10.3. The van der Waals surface area contributed by atoms with E-state index in [9.17, 15) is 31.2 Å². The van der Waals surface area contributed by atoms with Crippen LogP contribution in [-0.4, -0.2) is 50.5 Å². The van der Waals surface area contributed by atoms with Gasteiger partial charge in [-0.3, -0.25) is 13.9 Å². The molecule has 1 atom stereocenters. The SMILES string of the molecule is CCCNC(=O)[C@H](Cc1ccccc1)N(Cc1cccc(Cl)c1)C(=O)CCCN(c1cccc(C(F)(F)F)c1)S(C)(=O)=O. The van der Waals surface area contributed by atoms with Crippen LogP contribution in [0.4, 0.5) is 18.9 Å². The fraction of sp³-hybridized carbons (Fsp3) is 0.355. The summed E-state index contributed by atoms with van der Waals surface area (Å²) < 4.78 is 65.9. The normalized spacial score (nSPS) is 12.4. The largest absolute Gasteiger partial charge is 0.416 e. The zero-order chi connectivity index (χ0) is 31.6. The summed E-state index contributed by atoms with van der Waals surface area (Å²) in [5.41, 5.74) is 0.408. The molecule has 7 nitrogen and oxygen atoms in total. The molecule has 0 saturated heterocycles. The molecule has 0 fully saturated rings. The molecule has 0 bridgehead atoms. The van der Waals surface area contributed by atoms with E-state index in [1.54, 1.807) is 24.3 Å². The molecule has 0 saturated carbocycles. The Labute approximate surface area is 255 Å². The number of amides is 2. The maximum atomic E-state index is 13.8. The number of carbonyl (C=O) groups excluding carboxylic acids is 2. The fourth-order valence-corrected chi connectivity index (χ4v) is 5.76. The smallest absolute Gasteiger partial charge is 0.354 e. The van der Waals surface area contributed by atoms with Gasteiger partial charge < -0.3 is 10.2 Å². The highest BCUT2D eigenvalue weighted by molar-refractivity contribution is 7.92. The number of anilines is 1. The van der Waals surface area contributed by atoms with Crippen molar-refractivity contribution in [2.75, 3.05) is 23.7 Å². The molecule has 0 spiro atoms. The Bertz CT molecular complexity index is 1490. The van der Waals surface area contributed by atoms with E-state index in [0.717, 1.165) is 34.3 Å². The molecule has 0 aliphatic rings. The highest BCUT2D eigenvalue weighted by atomic mass is 35.5. The average Bonchev–Trinajstić information content (AvgIpc) is 2.95. The molecule has 0 aromatic heterocycles. The molecule has 3 aromatic rings. The van der Waals surface area contributed by atoms with E-state index in [1.165, 1.54) is 11.0 Å². The number of rotatable bonds is 14. The topological polar surface area (TPSA) is 86.8 Å². The van der Waals surface area contributed by atoms with Gasteiger partial charge in [0.1, 0.15) is 6.04 Å². The molecule has 2 amide bonds. The van der Waals surface area contributed by atoms with Gasteiger partial charge in [-0.05, 0) is 54.3 Å². The lowest BCUT2D eigenvalue weighted by Gasteiger charge is -2.32. The van der Waals surface area contributed by atoms with Crippen molar-refractivity contribution < 1.29 is 31.2 Å². The number of benzene rings is 3. The second kappa shape index (κ2) is 15.2. The summed E-state index contributed by atoms with van der Waals surface area (Å²) in [6.45, 7) is 2.17. The van der Waals surface area contributed by atoms with Crippen LogP contribution in [0.3, 0.4) is 0 Å². The number of hydrogen-bond donors (Lipinski definition) is 1. The number of sulfonamides is 1. The van der Waals surface area contributed by atoms with E-state index >= 15 is 0 Å². The van der Waals surface area contributed by atoms with Crippen molar-refractivity contribution in [3.63, 3.8) is 0 Å². The summed E-state index contributed by atoms with van der Waals surface area (Å²) >= 11 is 6.19. The summed E-state index contributed by atoms with van der Waals surface area (Å²) in [5, 5.41) is 3.34. The van der Waals surface area contributed by atoms with E-state index in [4.69, 9.17) is 11.6 Å². The predicted octanol–water partition coefficient (Wildman–Crippen LogP) is 6.07. The molecule has 232 valence electrons. The molecular weight excluding hydrogens is 603 g/mol. The summed E-state index contributed by atoms with van der Waals surface area (Å²) in [4.78, 5) is 28.7. The van der Waals surface area contributed by atoms with Crippen LogP contribution in [-0.2, 0) is 38.8 Å². The highest BCUT2D eigenvalue weighted by Crippen LogP contribution is 2.32. The minimum Gasteiger partial charge on any atom is -0.354 e. The van der Waals surface area contributed by atoms with Crippen LogP contribution in [0.1, 0.15) is 42.9 Å². The number of halogens is 4. The third-order valence-corrected chi connectivity index (χ3v) is 8.11. The Morgan fingerprint density at radius 3 is 2.26 bits per heavy atom. The molecule has 12 heteroatoms. The second-order valence-electron chi connectivity index (χ2n) is 10.1. The Balaban J connectivity index is 1.89. The number of nitrogens with zero attached hydrogens (tertiary/aromatic N) is 2. The van der Waals surface area contributed by atoms with Crippen LogP contribution in [0.15, 0.2) is 78.9 Å². The first-order valence-corrected chi connectivity index (χ1v) is 16.0. The van der Waals surface area contributed by atoms with Gasteiger partial charge in [0.05, 0.1) is 17.5 Å².